The van der Waals surface area contributed by atoms with Crippen molar-refractivity contribution in [1.82, 2.24) is 0 Å². The smallest absolute Gasteiger partial charge is 0.310 e. The average Bonchev–Trinajstić information content (AvgIpc) is 2.88. The summed E-state index contributed by atoms with van der Waals surface area (Å²) in [6, 6.07) is 7.84. The molecule has 0 aliphatic heterocycles. The minimum atomic E-state index is -0.00995. The fraction of sp³-hybridized carbons (Fsp3) is 0.650. The van der Waals surface area contributed by atoms with Gasteiger partial charge in [-0.2, -0.15) is 0 Å². The first-order valence-electron chi connectivity index (χ1n) is 9.19. The predicted molar refractivity (Wildman–Crippen MR) is 92.9 cm³/mol. The Hall–Kier alpha value is -1.09. The highest BCUT2D eigenvalue weighted by atomic mass is 28.2. The SMILES string of the molecule is CC[Si]Oc1ccc2c(c1)CC[C@@H]1[C@@H]2CC[C@]2(C)C(=O)CC[C@@H]12. The van der Waals surface area contributed by atoms with Gasteiger partial charge in [0.15, 0.2) is 0 Å². The number of ketones is 1. The van der Waals surface area contributed by atoms with Crippen LogP contribution >= 0.6 is 0 Å². The van der Waals surface area contributed by atoms with Gasteiger partial charge < -0.3 is 4.43 Å². The van der Waals surface area contributed by atoms with E-state index in [1.807, 2.05) is 0 Å². The summed E-state index contributed by atoms with van der Waals surface area (Å²) in [5.74, 6) is 3.59. The molecule has 2 fully saturated rings. The molecule has 23 heavy (non-hydrogen) atoms. The van der Waals surface area contributed by atoms with Gasteiger partial charge >= 0.3 is 9.76 Å². The van der Waals surface area contributed by atoms with Crippen LogP contribution in [0.5, 0.6) is 5.75 Å². The zero-order chi connectivity index (χ0) is 16.0. The topological polar surface area (TPSA) is 26.3 Å². The Kier molecular flexibility index (Phi) is 3.87. The second kappa shape index (κ2) is 5.77. The molecule has 0 unspecified atom stereocenters. The number of fused-ring (bicyclic) bond motifs is 5. The largest absolute Gasteiger partial charge is 0.541 e. The van der Waals surface area contributed by atoms with Crippen molar-refractivity contribution in [3.8, 4) is 5.75 Å². The van der Waals surface area contributed by atoms with E-state index in [2.05, 4.69) is 32.0 Å². The minimum absolute atomic E-state index is 0.00995. The van der Waals surface area contributed by atoms with Crippen LogP contribution in [0.15, 0.2) is 18.2 Å². The lowest BCUT2D eigenvalue weighted by atomic mass is 9.55. The van der Waals surface area contributed by atoms with Crippen LogP contribution in [0.2, 0.25) is 6.04 Å². The summed E-state index contributed by atoms with van der Waals surface area (Å²) in [6.07, 6.45) is 6.64. The fourth-order valence-electron chi connectivity index (χ4n) is 5.55. The van der Waals surface area contributed by atoms with Gasteiger partial charge in [-0.3, -0.25) is 4.79 Å². The highest BCUT2D eigenvalue weighted by Gasteiger charge is 2.54. The van der Waals surface area contributed by atoms with Crippen molar-refractivity contribution in [2.45, 2.75) is 64.3 Å². The van der Waals surface area contributed by atoms with Crippen molar-refractivity contribution >= 4 is 15.5 Å². The van der Waals surface area contributed by atoms with Crippen molar-refractivity contribution in [2.75, 3.05) is 0 Å². The minimum Gasteiger partial charge on any atom is -0.541 e. The van der Waals surface area contributed by atoms with Crippen LogP contribution in [0.3, 0.4) is 0 Å². The monoisotopic (exact) mass is 326 g/mol. The quantitative estimate of drug-likeness (QED) is 0.762. The van der Waals surface area contributed by atoms with Gasteiger partial charge in [0, 0.05) is 11.8 Å². The summed E-state index contributed by atoms with van der Waals surface area (Å²) in [6.45, 7) is 4.41. The van der Waals surface area contributed by atoms with E-state index in [4.69, 9.17) is 4.43 Å². The third-order valence-electron chi connectivity index (χ3n) is 6.74. The molecule has 0 heterocycles. The Morgan fingerprint density at radius 2 is 2.13 bits per heavy atom. The molecular weight excluding hydrogens is 300 g/mol. The van der Waals surface area contributed by atoms with E-state index in [0.29, 0.717) is 27.4 Å². The number of hydrogen-bond donors (Lipinski definition) is 0. The summed E-state index contributed by atoms with van der Waals surface area (Å²) in [4.78, 5) is 12.4. The molecule has 0 spiro atoms. The summed E-state index contributed by atoms with van der Waals surface area (Å²) in [5, 5.41) is 0. The molecule has 0 amide bonds. The number of hydrogen-bond acceptors (Lipinski definition) is 2. The number of carbonyl (C=O) groups is 1. The van der Waals surface area contributed by atoms with Gasteiger partial charge in [-0.25, -0.2) is 0 Å². The molecule has 0 aromatic heterocycles. The number of Topliss-reactive ketones (excluding diaryl/α,β-unsaturated/α-hetero) is 1. The molecule has 3 aliphatic rings. The number of carbonyl (C=O) groups excluding carboxylic acids is 1. The van der Waals surface area contributed by atoms with E-state index in [1.165, 1.54) is 18.4 Å². The maximum absolute atomic E-state index is 12.4. The van der Waals surface area contributed by atoms with Gasteiger partial charge in [0.1, 0.15) is 11.5 Å². The lowest BCUT2D eigenvalue weighted by molar-refractivity contribution is -0.129. The lowest BCUT2D eigenvalue weighted by Gasteiger charge is -2.48. The molecule has 4 atom stereocenters. The van der Waals surface area contributed by atoms with Gasteiger partial charge in [-0.15, -0.1) is 0 Å². The third-order valence-corrected chi connectivity index (χ3v) is 7.41. The van der Waals surface area contributed by atoms with E-state index < -0.39 is 0 Å². The Labute approximate surface area is 141 Å². The van der Waals surface area contributed by atoms with Crippen LogP contribution in [-0.2, 0) is 11.2 Å². The van der Waals surface area contributed by atoms with E-state index in [0.717, 1.165) is 43.4 Å². The maximum atomic E-state index is 12.4. The van der Waals surface area contributed by atoms with E-state index in [9.17, 15) is 4.79 Å². The van der Waals surface area contributed by atoms with Crippen molar-refractivity contribution < 1.29 is 9.22 Å². The molecule has 2 saturated carbocycles. The summed E-state index contributed by atoms with van der Waals surface area (Å²) < 4.78 is 5.84. The molecule has 2 nitrogen and oxygen atoms in total. The predicted octanol–water partition coefficient (Wildman–Crippen LogP) is 4.55. The zero-order valence-corrected chi connectivity index (χ0v) is 15.2. The van der Waals surface area contributed by atoms with Crippen LogP contribution < -0.4 is 4.43 Å². The van der Waals surface area contributed by atoms with Gasteiger partial charge in [0.2, 0.25) is 0 Å². The molecule has 4 rings (SSSR count). The Bertz CT molecular complexity index is 626. The number of aryl methyl sites for hydroxylation is 1. The molecule has 0 N–H and O–H groups in total. The highest BCUT2D eigenvalue weighted by Crippen LogP contribution is 2.59. The second-order valence-corrected chi connectivity index (χ2v) is 8.99. The van der Waals surface area contributed by atoms with Crippen LogP contribution in [0.25, 0.3) is 0 Å². The zero-order valence-electron chi connectivity index (χ0n) is 14.2. The maximum Gasteiger partial charge on any atom is 0.310 e. The van der Waals surface area contributed by atoms with Crippen LogP contribution in [0, 0.1) is 17.3 Å². The van der Waals surface area contributed by atoms with Crippen LogP contribution in [-0.4, -0.2) is 15.5 Å². The second-order valence-electron chi connectivity index (χ2n) is 7.79. The van der Waals surface area contributed by atoms with E-state index in [-0.39, 0.29) is 5.41 Å². The number of benzene rings is 1. The molecule has 1 aromatic carbocycles. The molecule has 3 aliphatic carbocycles. The molecule has 0 saturated heterocycles. The normalized spacial score (nSPS) is 35.4. The summed E-state index contributed by atoms with van der Waals surface area (Å²) in [5.41, 5.74) is 3.04. The van der Waals surface area contributed by atoms with Crippen LogP contribution in [0.1, 0.15) is 63.0 Å². The van der Waals surface area contributed by atoms with Gasteiger partial charge in [-0.1, -0.05) is 19.9 Å². The Morgan fingerprint density at radius 3 is 2.96 bits per heavy atom. The Morgan fingerprint density at radius 1 is 1.26 bits per heavy atom. The lowest BCUT2D eigenvalue weighted by Crippen LogP contribution is -2.42. The third kappa shape index (κ3) is 2.39. The van der Waals surface area contributed by atoms with Crippen molar-refractivity contribution in [1.29, 1.82) is 0 Å². The van der Waals surface area contributed by atoms with Crippen LogP contribution in [0.4, 0.5) is 0 Å². The highest BCUT2D eigenvalue weighted by molar-refractivity contribution is 6.28. The Balaban J connectivity index is 1.61. The van der Waals surface area contributed by atoms with E-state index in [1.54, 1.807) is 5.56 Å². The summed E-state index contributed by atoms with van der Waals surface area (Å²) in [7, 11) is 0.562. The first-order valence-corrected chi connectivity index (χ1v) is 10.3. The average molecular weight is 327 g/mol. The fourth-order valence-corrected chi connectivity index (χ4v) is 5.99. The molecule has 3 heteroatoms. The first-order chi connectivity index (χ1) is 11.1. The summed E-state index contributed by atoms with van der Waals surface area (Å²) >= 11 is 0. The van der Waals surface area contributed by atoms with Gasteiger partial charge in [0.05, 0.1) is 0 Å². The molecule has 1 aromatic rings. The molecule has 0 bridgehead atoms. The van der Waals surface area contributed by atoms with Crippen molar-refractivity contribution in [2.24, 2.45) is 17.3 Å². The number of rotatable bonds is 3. The standard InChI is InChI=1S/C20H26O2Si/c1-3-23-22-14-5-7-15-13(12-14)4-6-17-16(15)10-11-20(2)18(17)8-9-19(20)21/h5,7,12,16-18H,3-4,6,8-11H2,1-2H3/t16-,17-,18+,20+/m1/s1. The van der Waals surface area contributed by atoms with Crippen molar-refractivity contribution in [3.63, 3.8) is 0 Å². The molecule has 122 valence electrons. The van der Waals surface area contributed by atoms with Gasteiger partial charge in [-0.05, 0) is 79.2 Å². The first kappa shape index (κ1) is 15.4. The van der Waals surface area contributed by atoms with Gasteiger partial charge in [0.25, 0.3) is 0 Å². The van der Waals surface area contributed by atoms with Crippen molar-refractivity contribution in [3.05, 3.63) is 29.3 Å². The molecular formula is C20H26O2Si. The van der Waals surface area contributed by atoms with E-state index >= 15 is 0 Å². The molecule has 2 radical (unpaired) electrons.